The summed E-state index contributed by atoms with van der Waals surface area (Å²) < 4.78 is 0. The minimum Gasteiger partial charge on any atom is -0.330 e. The highest BCUT2D eigenvalue weighted by atomic mass is 14.7. The maximum atomic E-state index is 5.84. The molecule has 114 valence electrons. The molecule has 4 rings (SSSR count). The summed E-state index contributed by atoms with van der Waals surface area (Å²) in [5.74, 6) is 10.6. The van der Waals surface area contributed by atoms with Crippen LogP contribution in [0.4, 0.5) is 0 Å². The second-order valence-electron chi connectivity index (χ2n) is 8.83. The monoisotopic (exact) mass is 275 g/mol. The maximum Gasteiger partial charge on any atom is -0.00461 e. The van der Waals surface area contributed by atoms with E-state index in [0.717, 1.165) is 65.7 Å². The van der Waals surface area contributed by atoms with Crippen LogP contribution in [0.15, 0.2) is 0 Å². The zero-order valence-electron chi connectivity index (χ0n) is 13.6. The van der Waals surface area contributed by atoms with E-state index in [0.29, 0.717) is 0 Å². The van der Waals surface area contributed by atoms with Crippen LogP contribution >= 0.6 is 0 Å². The van der Waals surface area contributed by atoms with Gasteiger partial charge in [0.1, 0.15) is 0 Å². The van der Waals surface area contributed by atoms with E-state index in [-0.39, 0.29) is 0 Å². The third kappa shape index (κ3) is 1.65. The molecule has 0 bridgehead atoms. The molecule has 4 aliphatic carbocycles. The van der Waals surface area contributed by atoms with Crippen LogP contribution in [-0.4, -0.2) is 6.54 Å². The molecule has 4 saturated carbocycles. The quantitative estimate of drug-likeness (QED) is 0.818. The predicted octanol–water partition coefficient (Wildman–Crippen LogP) is 4.17. The second-order valence-corrected chi connectivity index (χ2v) is 8.83. The van der Waals surface area contributed by atoms with Crippen LogP contribution in [0.2, 0.25) is 0 Å². The van der Waals surface area contributed by atoms with Gasteiger partial charge in [-0.15, -0.1) is 0 Å². The Morgan fingerprint density at radius 3 is 2.05 bits per heavy atom. The lowest BCUT2D eigenvalue weighted by molar-refractivity contribution is -0.193. The van der Waals surface area contributed by atoms with Gasteiger partial charge < -0.3 is 5.73 Å². The van der Waals surface area contributed by atoms with E-state index in [9.17, 15) is 0 Å². The van der Waals surface area contributed by atoms with Crippen LogP contribution in [0.1, 0.15) is 52.9 Å². The first-order valence-corrected chi connectivity index (χ1v) is 9.35. The molecular weight excluding hydrogens is 242 g/mol. The summed E-state index contributed by atoms with van der Waals surface area (Å²) in [4.78, 5) is 0. The Hall–Kier alpha value is -0.0400. The second kappa shape index (κ2) is 4.73. The van der Waals surface area contributed by atoms with Crippen LogP contribution in [0.3, 0.4) is 0 Å². The standard InChI is InChI=1S/C19H33N/c1-4-12-7-17-18(12)11(3)19(17)14-5-13(6-14)16-8-15(9-20)10(16)2/h10-19H,4-9,20H2,1-3H3. The number of hydrogen-bond donors (Lipinski definition) is 1. The Morgan fingerprint density at radius 1 is 0.800 bits per heavy atom. The van der Waals surface area contributed by atoms with Crippen molar-refractivity contribution < 1.29 is 0 Å². The molecule has 0 aromatic heterocycles. The van der Waals surface area contributed by atoms with E-state index < -0.39 is 0 Å². The van der Waals surface area contributed by atoms with Gasteiger partial charge in [-0.25, -0.2) is 0 Å². The summed E-state index contributed by atoms with van der Waals surface area (Å²) in [5.41, 5.74) is 5.84. The molecule has 1 nitrogen and oxygen atoms in total. The highest BCUT2D eigenvalue weighted by Crippen LogP contribution is 2.68. The molecule has 20 heavy (non-hydrogen) atoms. The van der Waals surface area contributed by atoms with Gasteiger partial charge in [-0.05, 0) is 91.4 Å². The molecule has 0 radical (unpaired) electrons. The van der Waals surface area contributed by atoms with Crippen LogP contribution < -0.4 is 5.73 Å². The third-order valence-electron chi connectivity index (χ3n) is 8.50. The molecule has 4 fully saturated rings. The Labute approximate surface area is 125 Å². The fraction of sp³-hybridized carbons (Fsp3) is 1.00. The Bertz CT molecular complexity index is 366. The SMILES string of the molecule is CCC1CC2C(C3CC(C4CC(CN)C4C)C3)C(C)C12. The minimum absolute atomic E-state index is 0.850. The third-order valence-corrected chi connectivity index (χ3v) is 8.50. The predicted molar refractivity (Wildman–Crippen MR) is 84.1 cm³/mol. The largest absolute Gasteiger partial charge is 0.330 e. The molecule has 0 aromatic rings. The molecule has 1 heteroatoms. The first-order chi connectivity index (χ1) is 9.65. The zero-order chi connectivity index (χ0) is 14.0. The molecule has 0 heterocycles. The summed E-state index contributed by atoms with van der Waals surface area (Å²) in [6.07, 6.45) is 7.60. The summed E-state index contributed by atoms with van der Waals surface area (Å²) in [6, 6.07) is 0. The highest BCUT2D eigenvalue weighted by Gasteiger charge is 2.61. The Kier molecular flexibility index (Phi) is 3.22. The summed E-state index contributed by atoms with van der Waals surface area (Å²) in [7, 11) is 0. The molecule has 0 amide bonds. The highest BCUT2D eigenvalue weighted by molar-refractivity contribution is 5.10. The van der Waals surface area contributed by atoms with Gasteiger partial charge in [-0.1, -0.05) is 27.2 Å². The van der Waals surface area contributed by atoms with Gasteiger partial charge in [-0.2, -0.15) is 0 Å². The zero-order valence-corrected chi connectivity index (χ0v) is 13.6. The van der Waals surface area contributed by atoms with Crippen LogP contribution in [0, 0.1) is 59.2 Å². The first-order valence-electron chi connectivity index (χ1n) is 9.35. The van der Waals surface area contributed by atoms with Crippen molar-refractivity contribution in [2.75, 3.05) is 6.54 Å². The summed E-state index contributed by atoms with van der Waals surface area (Å²) in [5, 5.41) is 0. The lowest BCUT2D eigenvalue weighted by atomic mass is 9.37. The van der Waals surface area contributed by atoms with Crippen molar-refractivity contribution in [3.05, 3.63) is 0 Å². The van der Waals surface area contributed by atoms with Gasteiger partial charge in [0.2, 0.25) is 0 Å². The molecule has 8 unspecified atom stereocenters. The van der Waals surface area contributed by atoms with E-state index >= 15 is 0 Å². The number of fused-ring (bicyclic) bond motifs is 1. The van der Waals surface area contributed by atoms with E-state index in [2.05, 4.69) is 20.8 Å². The van der Waals surface area contributed by atoms with Crippen molar-refractivity contribution in [3.8, 4) is 0 Å². The van der Waals surface area contributed by atoms with E-state index in [1.54, 1.807) is 19.3 Å². The molecule has 0 aromatic carbocycles. The van der Waals surface area contributed by atoms with Crippen molar-refractivity contribution in [1.82, 2.24) is 0 Å². The van der Waals surface area contributed by atoms with Gasteiger partial charge in [0.15, 0.2) is 0 Å². The normalized spacial score (nSPS) is 60.6. The van der Waals surface area contributed by atoms with Crippen molar-refractivity contribution in [1.29, 1.82) is 0 Å². The molecular formula is C19H33N. The van der Waals surface area contributed by atoms with Crippen molar-refractivity contribution in [2.45, 2.75) is 52.9 Å². The first kappa shape index (κ1) is 13.6. The lowest BCUT2D eigenvalue weighted by Crippen LogP contribution is -2.61. The van der Waals surface area contributed by atoms with Crippen LogP contribution in [0.25, 0.3) is 0 Å². The molecule has 8 atom stereocenters. The van der Waals surface area contributed by atoms with E-state index in [1.807, 2.05) is 0 Å². The lowest BCUT2D eigenvalue weighted by Gasteiger charge is -2.68. The number of rotatable bonds is 4. The van der Waals surface area contributed by atoms with Gasteiger partial charge in [-0.3, -0.25) is 0 Å². The topological polar surface area (TPSA) is 26.0 Å². The van der Waals surface area contributed by atoms with Gasteiger partial charge in [0.05, 0.1) is 0 Å². The number of hydrogen-bond acceptors (Lipinski definition) is 1. The van der Waals surface area contributed by atoms with Crippen molar-refractivity contribution >= 4 is 0 Å². The Balaban J connectivity index is 1.27. The van der Waals surface area contributed by atoms with Crippen LogP contribution in [0.5, 0.6) is 0 Å². The van der Waals surface area contributed by atoms with Crippen molar-refractivity contribution in [2.24, 2.45) is 64.9 Å². The molecule has 4 aliphatic rings. The summed E-state index contributed by atoms with van der Waals surface area (Å²) >= 11 is 0. The van der Waals surface area contributed by atoms with Gasteiger partial charge in [0, 0.05) is 0 Å². The smallest absolute Gasteiger partial charge is 0.00461 e. The fourth-order valence-electron chi connectivity index (χ4n) is 7.01. The van der Waals surface area contributed by atoms with Crippen molar-refractivity contribution in [3.63, 3.8) is 0 Å². The van der Waals surface area contributed by atoms with Crippen LogP contribution in [-0.2, 0) is 0 Å². The molecule has 0 aliphatic heterocycles. The fourth-order valence-corrected chi connectivity index (χ4v) is 7.01. The average molecular weight is 275 g/mol. The van der Waals surface area contributed by atoms with E-state index in [1.165, 1.54) is 12.8 Å². The minimum atomic E-state index is 0.850. The molecule has 0 spiro atoms. The molecule has 2 N–H and O–H groups in total. The van der Waals surface area contributed by atoms with E-state index in [4.69, 9.17) is 5.73 Å². The average Bonchev–Trinajstić information content (AvgIpc) is 2.36. The Morgan fingerprint density at radius 2 is 1.50 bits per heavy atom. The number of nitrogens with two attached hydrogens (primary N) is 1. The maximum absolute atomic E-state index is 5.84. The van der Waals surface area contributed by atoms with Gasteiger partial charge in [0.25, 0.3) is 0 Å². The summed E-state index contributed by atoms with van der Waals surface area (Å²) in [6.45, 7) is 8.35. The molecule has 0 saturated heterocycles. The van der Waals surface area contributed by atoms with Gasteiger partial charge >= 0.3 is 0 Å².